The van der Waals surface area contributed by atoms with Crippen molar-refractivity contribution in [2.24, 2.45) is 0 Å². The second-order valence-electron chi connectivity index (χ2n) is 17.3. The molecule has 2 saturated heterocycles. The van der Waals surface area contributed by atoms with Gasteiger partial charge in [-0.2, -0.15) is 0 Å². The van der Waals surface area contributed by atoms with Gasteiger partial charge in [-0.05, 0) is 64.2 Å². The lowest BCUT2D eigenvalue weighted by atomic mass is 9.98. The predicted octanol–water partition coefficient (Wildman–Crippen LogP) is 6.49. The maximum Gasteiger partial charge on any atom is 0.306 e. The standard InChI is InChI=1S/C51H86O15/c1-3-5-7-9-11-13-15-17-19-21-23-25-27-29-31-33-42(53)61-36-39(64-43(54)34-32-30-28-26-24-22-20-18-16-14-12-10-8-6-4-2)37-62-50-49(60)47(58)45(56)41(66-50)38-63-51-48(59)46(57)44(55)40(35-52)65-51/h3,6,8,12,14,18,20,24,26,39-41,44-52,55-60H,1,4-5,7,9-11,13,15-17,19,21-23,25,27-38H2,2H3/b8-6+,14-12+,20-18+,26-24+/t39-,40-,41-,44+,45+,46?,47?,48?,49?,50-,51-/m1/s1. The molecular formula is C51H86O15. The third kappa shape index (κ3) is 26.1. The van der Waals surface area contributed by atoms with E-state index in [1.54, 1.807) is 0 Å². The van der Waals surface area contributed by atoms with Gasteiger partial charge < -0.3 is 64.2 Å². The summed E-state index contributed by atoms with van der Waals surface area (Å²) in [6, 6.07) is 0. The van der Waals surface area contributed by atoms with Gasteiger partial charge in [-0.15, -0.1) is 6.58 Å². The van der Waals surface area contributed by atoms with E-state index in [1.807, 2.05) is 6.08 Å². The van der Waals surface area contributed by atoms with Crippen LogP contribution in [-0.4, -0.2) is 142 Å². The van der Waals surface area contributed by atoms with Crippen molar-refractivity contribution in [2.45, 2.75) is 222 Å². The highest BCUT2D eigenvalue weighted by molar-refractivity contribution is 5.70. The van der Waals surface area contributed by atoms with E-state index in [2.05, 4.69) is 62.1 Å². The average Bonchev–Trinajstić information content (AvgIpc) is 3.31. The molecule has 0 spiro atoms. The molecule has 0 radical (unpaired) electrons. The van der Waals surface area contributed by atoms with E-state index in [1.165, 1.54) is 57.8 Å². The van der Waals surface area contributed by atoms with E-state index < -0.39 is 99.3 Å². The Bertz CT molecular complexity index is 1370. The van der Waals surface area contributed by atoms with Crippen LogP contribution in [0.2, 0.25) is 0 Å². The van der Waals surface area contributed by atoms with E-state index in [0.717, 1.165) is 64.2 Å². The van der Waals surface area contributed by atoms with Crippen LogP contribution < -0.4 is 0 Å². The van der Waals surface area contributed by atoms with Crippen LogP contribution in [0.25, 0.3) is 0 Å². The first-order valence-electron chi connectivity index (χ1n) is 24.8. The molecule has 2 aliphatic rings. The number of unbranched alkanes of at least 4 members (excludes halogenated alkanes) is 15. The van der Waals surface area contributed by atoms with E-state index in [0.29, 0.717) is 12.8 Å². The van der Waals surface area contributed by atoms with Crippen molar-refractivity contribution >= 4 is 11.9 Å². The summed E-state index contributed by atoms with van der Waals surface area (Å²) in [6.07, 6.45) is 24.3. The molecule has 15 nitrogen and oxygen atoms in total. The smallest absolute Gasteiger partial charge is 0.306 e. The molecule has 15 heteroatoms. The number of ether oxygens (including phenoxy) is 6. The molecule has 0 aromatic rings. The zero-order chi connectivity index (χ0) is 48.2. The fraction of sp³-hybridized carbons (Fsp3) is 0.765. The number of allylic oxidation sites excluding steroid dienone is 9. The van der Waals surface area contributed by atoms with Crippen molar-refractivity contribution in [3.05, 3.63) is 61.3 Å². The summed E-state index contributed by atoms with van der Waals surface area (Å²) in [6.45, 7) is 3.95. The highest BCUT2D eigenvalue weighted by Gasteiger charge is 2.47. The molecule has 0 bridgehead atoms. The second kappa shape index (κ2) is 38.1. The van der Waals surface area contributed by atoms with E-state index in [-0.39, 0.29) is 19.4 Å². The molecule has 0 aromatic heterocycles. The maximum absolute atomic E-state index is 13.0. The number of aliphatic hydroxyl groups excluding tert-OH is 7. The van der Waals surface area contributed by atoms with Gasteiger partial charge in [-0.25, -0.2) is 0 Å². The fourth-order valence-electron chi connectivity index (χ4n) is 7.54. The van der Waals surface area contributed by atoms with Gasteiger partial charge in [0.2, 0.25) is 0 Å². The molecule has 0 saturated carbocycles. The topological polar surface area (TPSA) is 231 Å². The van der Waals surface area contributed by atoms with E-state index >= 15 is 0 Å². The summed E-state index contributed by atoms with van der Waals surface area (Å²) in [5.41, 5.74) is 0. The SMILES string of the molecule is C=CCCCCCCCCCCCCCCCC(=O)OC[C@H](CO[C@@H]1O[C@H](CO[C@@H]2O[C@H](CO)[C@H](O)C(O)C2O)[C@H](O)C(O)C1O)OC(=O)CCCC/C=C/C/C=C/C/C=C/C/C=C/CC. The Morgan fingerprint density at radius 3 is 1.55 bits per heavy atom. The van der Waals surface area contributed by atoms with Crippen LogP contribution in [0.1, 0.15) is 155 Å². The zero-order valence-electron chi connectivity index (χ0n) is 39.7. The van der Waals surface area contributed by atoms with Gasteiger partial charge in [0.15, 0.2) is 18.7 Å². The molecule has 7 N–H and O–H groups in total. The summed E-state index contributed by atoms with van der Waals surface area (Å²) >= 11 is 0. The van der Waals surface area contributed by atoms with Gasteiger partial charge in [0.1, 0.15) is 55.4 Å². The van der Waals surface area contributed by atoms with Crippen LogP contribution in [0.3, 0.4) is 0 Å². The van der Waals surface area contributed by atoms with Crippen molar-refractivity contribution in [1.29, 1.82) is 0 Å². The molecule has 4 unspecified atom stereocenters. The lowest BCUT2D eigenvalue weighted by Crippen LogP contribution is -2.61. The zero-order valence-corrected chi connectivity index (χ0v) is 39.7. The van der Waals surface area contributed by atoms with Gasteiger partial charge in [-0.3, -0.25) is 9.59 Å². The van der Waals surface area contributed by atoms with Gasteiger partial charge >= 0.3 is 11.9 Å². The fourth-order valence-corrected chi connectivity index (χ4v) is 7.54. The van der Waals surface area contributed by atoms with Crippen molar-refractivity contribution in [1.82, 2.24) is 0 Å². The van der Waals surface area contributed by atoms with Crippen LogP contribution in [-0.2, 0) is 38.0 Å². The Morgan fingerprint density at radius 2 is 0.985 bits per heavy atom. The van der Waals surface area contributed by atoms with E-state index in [9.17, 15) is 45.3 Å². The first kappa shape index (κ1) is 59.3. The molecule has 0 aromatic carbocycles. The summed E-state index contributed by atoms with van der Waals surface area (Å²) in [7, 11) is 0. The number of hydrogen-bond donors (Lipinski definition) is 7. The van der Waals surface area contributed by atoms with Crippen LogP contribution in [0.15, 0.2) is 61.3 Å². The quantitative estimate of drug-likeness (QED) is 0.0199. The van der Waals surface area contributed by atoms with Gasteiger partial charge in [0.25, 0.3) is 0 Å². The molecule has 2 rings (SSSR count). The molecular weight excluding hydrogens is 853 g/mol. The number of carbonyl (C=O) groups excluding carboxylic acids is 2. The normalized spacial score (nSPS) is 26.5. The molecule has 11 atom stereocenters. The van der Waals surface area contributed by atoms with E-state index in [4.69, 9.17) is 28.4 Å². The molecule has 0 aliphatic carbocycles. The minimum atomic E-state index is -1.77. The summed E-state index contributed by atoms with van der Waals surface area (Å²) in [4.78, 5) is 25.7. The minimum absolute atomic E-state index is 0.110. The number of carbonyl (C=O) groups is 2. The summed E-state index contributed by atoms with van der Waals surface area (Å²) in [5, 5.41) is 72.0. The lowest BCUT2D eigenvalue weighted by Gasteiger charge is -2.42. The Balaban J connectivity index is 1.84. The number of esters is 2. The average molecular weight is 939 g/mol. The van der Waals surface area contributed by atoms with Gasteiger partial charge in [0.05, 0.1) is 19.8 Å². The summed E-state index contributed by atoms with van der Waals surface area (Å²) < 4.78 is 33.5. The third-order valence-corrected chi connectivity index (χ3v) is 11.6. The van der Waals surface area contributed by atoms with Crippen molar-refractivity contribution in [2.75, 3.05) is 26.4 Å². The maximum atomic E-state index is 13.0. The number of rotatable bonds is 38. The summed E-state index contributed by atoms with van der Waals surface area (Å²) in [5.74, 6) is -0.980. The monoisotopic (exact) mass is 939 g/mol. The Labute approximate surface area is 394 Å². The minimum Gasteiger partial charge on any atom is -0.462 e. The number of hydrogen-bond acceptors (Lipinski definition) is 15. The highest BCUT2D eigenvalue weighted by atomic mass is 16.7. The van der Waals surface area contributed by atoms with Crippen molar-refractivity contribution in [3.63, 3.8) is 0 Å². The van der Waals surface area contributed by atoms with Crippen LogP contribution >= 0.6 is 0 Å². The lowest BCUT2D eigenvalue weighted by molar-refractivity contribution is -0.332. The van der Waals surface area contributed by atoms with Gasteiger partial charge in [-0.1, -0.05) is 132 Å². The largest absolute Gasteiger partial charge is 0.462 e. The third-order valence-electron chi connectivity index (χ3n) is 11.6. The van der Waals surface area contributed by atoms with Crippen LogP contribution in [0.5, 0.6) is 0 Å². The van der Waals surface area contributed by atoms with Gasteiger partial charge in [0, 0.05) is 12.8 Å². The predicted molar refractivity (Wildman–Crippen MR) is 252 cm³/mol. The second-order valence-corrected chi connectivity index (χ2v) is 17.3. The first-order valence-corrected chi connectivity index (χ1v) is 24.8. The Morgan fingerprint density at radius 1 is 0.530 bits per heavy atom. The Hall–Kier alpha value is -2.80. The van der Waals surface area contributed by atoms with Crippen molar-refractivity contribution < 1.29 is 73.8 Å². The molecule has 2 aliphatic heterocycles. The van der Waals surface area contributed by atoms with Crippen LogP contribution in [0.4, 0.5) is 0 Å². The Kier molecular flexibility index (Phi) is 34.2. The molecule has 66 heavy (non-hydrogen) atoms. The molecule has 2 fully saturated rings. The number of aliphatic hydroxyl groups is 7. The highest BCUT2D eigenvalue weighted by Crippen LogP contribution is 2.26. The molecule has 380 valence electrons. The van der Waals surface area contributed by atoms with Crippen LogP contribution in [0, 0.1) is 0 Å². The first-order chi connectivity index (χ1) is 32.0. The van der Waals surface area contributed by atoms with Crippen molar-refractivity contribution in [3.8, 4) is 0 Å². The molecule has 0 amide bonds. The molecule has 2 heterocycles.